The number of thiazole rings is 1. The maximum atomic E-state index is 14.0. The van der Waals surface area contributed by atoms with Crippen molar-refractivity contribution in [3.05, 3.63) is 94.6 Å². The molecule has 3 N–H and O–H groups in total. The van der Waals surface area contributed by atoms with Crippen LogP contribution in [0.15, 0.2) is 72.2 Å². The highest BCUT2D eigenvalue weighted by molar-refractivity contribution is 7.81. The molecular formula is C52H62F3N7O7S2. The van der Waals surface area contributed by atoms with Crippen LogP contribution >= 0.6 is 23.6 Å². The second-order valence-corrected chi connectivity index (χ2v) is 20.6. The third-order valence-corrected chi connectivity index (χ3v) is 13.9. The molecule has 6 rings (SSSR count). The predicted octanol–water partition coefficient (Wildman–Crippen LogP) is 8.86. The lowest BCUT2D eigenvalue weighted by molar-refractivity contribution is -0.144. The Morgan fingerprint density at radius 2 is 1.61 bits per heavy atom. The van der Waals surface area contributed by atoms with Crippen molar-refractivity contribution in [3.63, 3.8) is 0 Å². The van der Waals surface area contributed by atoms with Gasteiger partial charge in [0.15, 0.2) is 5.11 Å². The van der Waals surface area contributed by atoms with Crippen LogP contribution in [0.1, 0.15) is 108 Å². The van der Waals surface area contributed by atoms with Gasteiger partial charge >= 0.3 is 6.18 Å². The Bertz CT molecular complexity index is 2580. The summed E-state index contributed by atoms with van der Waals surface area (Å²) in [5.74, 6) is -0.927. The zero-order chi connectivity index (χ0) is 51.7. The van der Waals surface area contributed by atoms with E-state index in [1.54, 1.807) is 60.4 Å². The van der Waals surface area contributed by atoms with Crippen LogP contribution in [0.5, 0.6) is 5.75 Å². The minimum atomic E-state index is -4.79. The highest BCUT2D eigenvalue weighted by Gasteiger charge is 2.51. The summed E-state index contributed by atoms with van der Waals surface area (Å²) in [5.41, 5.74) is 1.62. The average Bonchev–Trinajstić information content (AvgIpc) is 3.99. The molecule has 71 heavy (non-hydrogen) atoms. The molecule has 14 nitrogen and oxygen atoms in total. The average molecular weight is 1020 g/mol. The molecule has 19 heteroatoms. The topological polar surface area (TPSA) is 177 Å². The van der Waals surface area contributed by atoms with Crippen LogP contribution in [0.2, 0.25) is 0 Å². The molecule has 1 unspecified atom stereocenters. The second-order valence-electron chi connectivity index (χ2n) is 19.4. The van der Waals surface area contributed by atoms with Gasteiger partial charge in [-0.2, -0.15) is 18.4 Å². The summed E-state index contributed by atoms with van der Waals surface area (Å²) in [4.78, 5) is 63.5. The van der Waals surface area contributed by atoms with E-state index >= 15 is 0 Å². The fourth-order valence-corrected chi connectivity index (χ4v) is 9.94. The van der Waals surface area contributed by atoms with Crippen molar-refractivity contribution in [2.45, 2.75) is 129 Å². The van der Waals surface area contributed by atoms with Gasteiger partial charge in [0.25, 0.3) is 5.91 Å². The number of β-amino-alcohol motifs (C(OH)–C–C–N with tert-alkyl or cyclic N) is 1. The number of aliphatic hydroxyl groups excluding tert-OH is 1. The lowest BCUT2D eigenvalue weighted by Gasteiger charge is -2.35. The van der Waals surface area contributed by atoms with Gasteiger partial charge in [-0.1, -0.05) is 51.5 Å². The number of benzene rings is 3. The van der Waals surface area contributed by atoms with Crippen molar-refractivity contribution in [1.29, 1.82) is 5.26 Å². The minimum Gasteiger partial charge on any atom is -0.494 e. The number of hydrogen-bond donors (Lipinski definition) is 3. The van der Waals surface area contributed by atoms with Gasteiger partial charge in [0, 0.05) is 44.8 Å². The Balaban J connectivity index is 0.851. The van der Waals surface area contributed by atoms with Crippen LogP contribution in [-0.2, 0) is 36.6 Å². The van der Waals surface area contributed by atoms with Gasteiger partial charge in [0.2, 0.25) is 17.7 Å². The second kappa shape index (κ2) is 23.5. The molecule has 0 bridgehead atoms. The van der Waals surface area contributed by atoms with E-state index in [2.05, 4.69) is 15.6 Å². The smallest absolute Gasteiger partial charge is 0.417 e. The van der Waals surface area contributed by atoms with Gasteiger partial charge in [-0.25, -0.2) is 4.98 Å². The van der Waals surface area contributed by atoms with Gasteiger partial charge in [0.05, 0.1) is 51.7 Å². The number of aryl methyl sites for hydroxylation is 1. The zero-order valence-corrected chi connectivity index (χ0v) is 42.6. The number of alkyl halides is 3. The summed E-state index contributed by atoms with van der Waals surface area (Å²) >= 11 is 7.20. The number of rotatable bonds is 21. The Morgan fingerprint density at radius 3 is 2.23 bits per heavy atom. The number of likely N-dealkylation sites (tertiary alicyclic amines) is 1. The Kier molecular flexibility index (Phi) is 18.0. The number of halogens is 3. The SMILES string of the molecule is Cc1ncsc1-c1ccc(CNC(=O)[C@@H]2C[C@@H](O)CN2C(=O)C(NC(=O)CCCCCOCCCCCOc2ccc(N3C(=S)N(c4ccc(C#N)c(C(F)(F)F)c4)C(=O)C3(C)C)cc2)C(C)(C)C)cc1. The van der Waals surface area contributed by atoms with Crippen molar-refractivity contribution in [3.8, 4) is 22.3 Å². The molecule has 2 fully saturated rings. The van der Waals surface area contributed by atoms with E-state index in [-0.39, 0.29) is 48.5 Å². The molecule has 0 radical (unpaired) electrons. The van der Waals surface area contributed by atoms with Gasteiger partial charge in [-0.15, -0.1) is 11.3 Å². The molecule has 2 aliphatic rings. The van der Waals surface area contributed by atoms with E-state index in [1.807, 2.05) is 57.5 Å². The molecule has 4 aromatic rings. The van der Waals surface area contributed by atoms with E-state index < -0.39 is 58.3 Å². The number of aromatic nitrogens is 1. The molecule has 2 aliphatic heterocycles. The molecule has 0 spiro atoms. The fourth-order valence-electron chi connectivity index (χ4n) is 8.61. The minimum absolute atomic E-state index is 0.00116. The van der Waals surface area contributed by atoms with Gasteiger partial charge in [-0.3, -0.25) is 24.1 Å². The molecular weight excluding hydrogens is 956 g/mol. The number of carbonyl (C=O) groups excluding carboxylic acids is 4. The monoisotopic (exact) mass is 1020 g/mol. The third-order valence-electron chi connectivity index (χ3n) is 12.6. The number of nitrogens with one attached hydrogen (secondary N) is 2. The number of hydrogen-bond acceptors (Lipinski definition) is 11. The molecule has 3 atom stereocenters. The number of thiocarbonyl (C=S) groups is 1. The number of nitrogens with zero attached hydrogens (tertiary/aromatic N) is 5. The first kappa shape index (κ1) is 54.4. The van der Waals surface area contributed by atoms with E-state index in [0.29, 0.717) is 37.7 Å². The number of amides is 4. The quantitative estimate of drug-likeness (QED) is 0.0537. The summed E-state index contributed by atoms with van der Waals surface area (Å²) in [6.45, 7) is 12.7. The molecule has 4 amide bonds. The van der Waals surface area contributed by atoms with Gasteiger partial charge < -0.3 is 35.0 Å². The van der Waals surface area contributed by atoms with Crippen molar-refractivity contribution < 1.29 is 46.9 Å². The van der Waals surface area contributed by atoms with Crippen LogP contribution < -0.4 is 25.2 Å². The summed E-state index contributed by atoms with van der Waals surface area (Å²) in [6, 6.07) is 17.7. The summed E-state index contributed by atoms with van der Waals surface area (Å²) < 4.78 is 52.9. The third kappa shape index (κ3) is 13.5. The molecule has 0 aliphatic carbocycles. The fraction of sp³-hybridized carbons (Fsp3) is 0.481. The number of unbranched alkanes of at least 4 members (excludes halogenated alkanes) is 4. The summed E-state index contributed by atoms with van der Waals surface area (Å²) in [5, 5.41) is 25.6. The molecule has 1 aromatic heterocycles. The molecule has 3 heterocycles. The van der Waals surface area contributed by atoms with E-state index in [9.17, 15) is 42.7 Å². The van der Waals surface area contributed by atoms with E-state index in [1.165, 1.54) is 11.0 Å². The molecule has 380 valence electrons. The lowest BCUT2D eigenvalue weighted by Crippen LogP contribution is -2.57. The standard InChI is InChI=1S/C52H62F3N7O7S2/c1-33-44(71-32-58-33)35-16-14-34(15-17-35)30-57-46(65)42-28-39(63)31-60(42)47(66)45(50(2,3)4)59-43(64)13-9-7-10-24-68-25-11-8-12-26-69-40-22-20-37(21-23-40)62-49(70)61(48(67)51(62,5)6)38-19-18-36(29-56)41(27-38)52(53,54)55/h14-23,27,32,39,42,45,63H,7-13,24-26,28,30-31H2,1-6H3,(H,57,65)(H,59,64)/t39-,42+,45?/m1/s1. The Morgan fingerprint density at radius 1 is 0.958 bits per heavy atom. The van der Waals surface area contributed by atoms with Gasteiger partial charge in [-0.05, 0) is 124 Å². The van der Waals surface area contributed by atoms with Crippen LogP contribution in [0.4, 0.5) is 24.5 Å². The van der Waals surface area contributed by atoms with Crippen LogP contribution in [-0.4, -0.2) is 93.8 Å². The summed E-state index contributed by atoms with van der Waals surface area (Å²) in [6.07, 6.45) is -0.685. The normalized spacial score (nSPS) is 17.3. The lowest BCUT2D eigenvalue weighted by atomic mass is 9.85. The van der Waals surface area contributed by atoms with E-state index in [4.69, 9.17) is 21.7 Å². The zero-order valence-electron chi connectivity index (χ0n) is 40.9. The number of carbonyl (C=O) groups is 4. The van der Waals surface area contributed by atoms with Crippen molar-refractivity contribution >= 4 is 63.7 Å². The largest absolute Gasteiger partial charge is 0.494 e. The highest BCUT2D eigenvalue weighted by atomic mass is 32.1. The van der Waals surface area contributed by atoms with Crippen LogP contribution in [0, 0.1) is 23.7 Å². The number of aliphatic hydroxyl groups is 1. The van der Waals surface area contributed by atoms with Crippen molar-refractivity contribution in [2.75, 3.05) is 36.2 Å². The Hall–Kier alpha value is -5.94. The summed E-state index contributed by atoms with van der Waals surface area (Å²) in [7, 11) is 0. The van der Waals surface area contributed by atoms with Crippen molar-refractivity contribution in [1.82, 2.24) is 20.5 Å². The predicted molar refractivity (Wildman–Crippen MR) is 270 cm³/mol. The molecule has 2 saturated heterocycles. The van der Waals surface area contributed by atoms with Crippen LogP contribution in [0.3, 0.4) is 0 Å². The Labute approximate surface area is 422 Å². The van der Waals surface area contributed by atoms with Gasteiger partial charge in [0.1, 0.15) is 23.4 Å². The first-order valence-electron chi connectivity index (χ1n) is 23.8. The van der Waals surface area contributed by atoms with E-state index in [0.717, 1.165) is 70.8 Å². The number of anilines is 2. The van der Waals surface area contributed by atoms with Crippen molar-refractivity contribution in [2.24, 2.45) is 5.41 Å². The molecule has 3 aromatic carbocycles. The maximum absolute atomic E-state index is 14.0. The maximum Gasteiger partial charge on any atom is 0.417 e. The number of nitriles is 1. The van der Waals surface area contributed by atoms with Crippen LogP contribution in [0.25, 0.3) is 10.4 Å². The first-order valence-corrected chi connectivity index (χ1v) is 25.1. The number of ether oxygens (including phenoxy) is 2. The molecule has 0 saturated carbocycles. The highest BCUT2D eigenvalue weighted by Crippen LogP contribution is 2.40. The first-order chi connectivity index (χ1) is 33.6.